The van der Waals surface area contributed by atoms with Crippen molar-refractivity contribution >= 4 is 17.4 Å². The first kappa shape index (κ1) is 18.3. The van der Waals surface area contributed by atoms with E-state index in [2.05, 4.69) is 27.0 Å². The van der Waals surface area contributed by atoms with Gasteiger partial charge in [0.2, 0.25) is 0 Å². The molecule has 1 unspecified atom stereocenters. The summed E-state index contributed by atoms with van der Waals surface area (Å²) >= 11 is 1.70. The van der Waals surface area contributed by atoms with Crippen molar-refractivity contribution in [3.05, 3.63) is 52.2 Å². The maximum absolute atomic E-state index is 11.9. The molecule has 0 saturated heterocycles. The van der Waals surface area contributed by atoms with E-state index in [1.54, 1.807) is 11.3 Å². The van der Waals surface area contributed by atoms with Crippen molar-refractivity contribution in [3.8, 4) is 5.75 Å². The molecule has 0 aliphatic rings. The zero-order chi connectivity index (χ0) is 17.4. The Hall–Kier alpha value is -2.05. The normalized spacial score (nSPS) is 12.0. The number of hydrogen-bond donors (Lipinski definition) is 2. The molecule has 1 atom stereocenters. The Balaban J connectivity index is 1.67. The highest BCUT2D eigenvalue weighted by molar-refractivity contribution is 7.10. The van der Waals surface area contributed by atoms with Crippen LogP contribution in [-0.2, 0) is 0 Å². The van der Waals surface area contributed by atoms with E-state index in [0.29, 0.717) is 19.7 Å². The van der Waals surface area contributed by atoms with Crippen LogP contribution in [0.1, 0.15) is 16.5 Å². The third-order valence-corrected chi connectivity index (χ3v) is 4.57. The zero-order valence-corrected chi connectivity index (χ0v) is 15.2. The highest BCUT2D eigenvalue weighted by Gasteiger charge is 2.15. The topological polar surface area (TPSA) is 53.6 Å². The van der Waals surface area contributed by atoms with Gasteiger partial charge in [-0.3, -0.25) is 0 Å². The van der Waals surface area contributed by atoms with Gasteiger partial charge < -0.3 is 20.3 Å². The van der Waals surface area contributed by atoms with E-state index in [9.17, 15) is 4.79 Å². The van der Waals surface area contributed by atoms with Gasteiger partial charge in [-0.1, -0.05) is 18.2 Å². The first-order valence-corrected chi connectivity index (χ1v) is 8.85. The van der Waals surface area contributed by atoms with Crippen LogP contribution in [-0.4, -0.2) is 44.7 Å². The Labute approximate surface area is 147 Å². The molecule has 2 rings (SSSR count). The number of benzene rings is 1. The van der Waals surface area contributed by atoms with Gasteiger partial charge in [0.25, 0.3) is 0 Å². The lowest BCUT2D eigenvalue weighted by molar-refractivity contribution is 0.229. The van der Waals surface area contributed by atoms with Crippen LogP contribution in [0.3, 0.4) is 0 Å². The van der Waals surface area contributed by atoms with E-state index in [0.717, 1.165) is 11.3 Å². The van der Waals surface area contributed by atoms with Crippen molar-refractivity contribution < 1.29 is 9.53 Å². The minimum Gasteiger partial charge on any atom is -0.492 e. The van der Waals surface area contributed by atoms with E-state index in [1.165, 1.54) is 4.88 Å². The van der Waals surface area contributed by atoms with Gasteiger partial charge in [0, 0.05) is 11.4 Å². The molecule has 6 heteroatoms. The van der Waals surface area contributed by atoms with E-state index in [4.69, 9.17) is 4.74 Å². The second-order valence-electron chi connectivity index (χ2n) is 5.80. The summed E-state index contributed by atoms with van der Waals surface area (Å²) in [5.74, 6) is 0.822. The van der Waals surface area contributed by atoms with Crippen molar-refractivity contribution in [3.63, 3.8) is 0 Å². The van der Waals surface area contributed by atoms with Gasteiger partial charge in [0.1, 0.15) is 12.4 Å². The van der Waals surface area contributed by atoms with Gasteiger partial charge in [-0.05, 0) is 50.2 Å². The van der Waals surface area contributed by atoms with Crippen LogP contribution >= 0.6 is 11.3 Å². The average molecular weight is 347 g/mol. The number of hydrogen-bond acceptors (Lipinski definition) is 4. The standard InChI is InChI=1S/C18H25N3O2S/c1-14-6-4-7-15(12-14)23-10-9-19-18(22)20-13-16(21(2)3)17-8-5-11-24-17/h4-8,11-12,16H,9-10,13H2,1-3H3,(H2,19,20,22). The number of ether oxygens (including phenoxy) is 1. The fraction of sp³-hybridized carbons (Fsp3) is 0.389. The van der Waals surface area contributed by atoms with Crippen LogP contribution in [0.15, 0.2) is 41.8 Å². The molecule has 2 aromatic rings. The maximum atomic E-state index is 11.9. The lowest BCUT2D eigenvalue weighted by Crippen LogP contribution is -2.41. The Morgan fingerprint density at radius 3 is 2.75 bits per heavy atom. The molecule has 0 aliphatic carbocycles. The summed E-state index contributed by atoms with van der Waals surface area (Å²) in [5.41, 5.74) is 1.15. The minimum absolute atomic E-state index is 0.175. The zero-order valence-electron chi connectivity index (χ0n) is 14.4. The number of rotatable bonds is 8. The van der Waals surface area contributed by atoms with E-state index in [-0.39, 0.29) is 12.1 Å². The molecule has 5 nitrogen and oxygen atoms in total. The highest BCUT2D eigenvalue weighted by Crippen LogP contribution is 2.22. The van der Waals surface area contributed by atoms with Crippen molar-refractivity contribution in [2.75, 3.05) is 33.8 Å². The Kier molecular flexibility index (Phi) is 7.08. The molecule has 1 aromatic heterocycles. The second-order valence-corrected chi connectivity index (χ2v) is 6.78. The molecule has 0 spiro atoms. The summed E-state index contributed by atoms with van der Waals surface area (Å²) in [4.78, 5) is 15.3. The molecule has 130 valence electrons. The first-order chi connectivity index (χ1) is 11.6. The molecule has 0 fully saturated rings. The van der Waals surface area contributed by atoms with Crippen molar-refractivity contribution in [1.29, 1.82) is 0 Å². The Morgan fingerprint density at radius 1 is 1.25 bits per heavy atom. The largest absolute Gasteiger partial charge is 0.492 e. The molecule has 0 saturated carbocycles. The van der Waals surface area contributed by atoms with Crippen LogP contribution < -0.4 is 15.4 Å². The number of amides is 2. The fourth-order valence-electron chi connectivity index (χ4n) is 2.31. The van der Waals surface area contributed by atoms with Gasteiger partial charge in [0.05, 0.1) is 12.6 Å². The lowest BCUT2D eigenvalue weighted by atomic mass is 10.2. The highest BCUT2D eigenvalue weighted by atomic mass is 32.1. The van der Waals surface area contributed by atoms with Crippen molar-refractivity contribution in [2.45, 2.75) is 13.0 Å². The minimum atomic E-state index is -0.175. The van der Waals surface area contributed by atoms with Crippen molar-refractivity contribution in [1.82, 2.24) is 15.5 Å². The SMILES string of the molecule is Cc1cccc(OCCNC(=O)NCC(c2cccs2)N(C)C)c1. The summed E-state index contributed by atoms with van der Waals surface area (Å²) in [6.45, 7) is 3.50. The van der Waals surface area contributed by atoms with Gasteiger partial charge in [-0.2, -0.15) is 0 Å². The molecule has 1 heterocycles. The van der Waals surface area contributed by atoms with Gasteiger partial charge in [0.15, 0.2) is 0 Å². The molecular formula is C18H25N3O2S. The number of urea groups is 1. The monoisotopic (exact) mass is 347 g/mol. The molecule has 0 aliphatic heterocycles. The summed E-state index contributed by atoms with van der Waals surface area (Å²) in [6.07, 6.45) is 0. The number of nitrogens with zero attached hydrogens (tertiary/aromatic N) is 1. The van der Waals surface area contributed by atoms with Crippen molar-refractivity contribution in [2.24, 2.45) is 0 Å². The first-order valence-electron chi connectivity index (χ1n) is 7.97. The quantitative estimate of drug-likeness (QED) is 0.722. The maximum Gasteiger partial charge on any atom is 0.314 e. The van der Waals surface area contributed by atoms with Crippen LogP contribution in [0.5, 0.6) is 5.75 Å². The lowest BCUT2D eigenvalue weighted by Gasteiger charge is -2.23. The summed E-state index contributed by atoms with van der Waals surface area (Å²) in [7, 11) is 4.03. The molecule has 24 heavy (non-hydrogen) atoms. The molecular weight excluding hydrogens is 322 g/mol. The van der Waals surface area contributed by atoms with Crippen LogP contribution in [0.25, 0.3) is 0 Å². The van der Waals surface area contributed by atoms with E-state index >= 15 is 0 Å². The van der Waals surface area contributed by atoms with Crippen LogP contribution in [0, 0.1) is 6.92 Å². The Morgan fingerprint density at radius 2 is 2.08 bits per heavy atom. The summed E-state index contributed by atoms with van der Waals surface area (Å²) in [5, 5.41) is 7.79. The third kappa shape index (κ3) is 5.86. The summed E-state index contributed by atoms with van der Waals surface area (Å²) < 4.78 is 5.61. The molecule has 2 N–H and O–H groups in total. The third-order valence-electron chi connectivity index (χ3n) is 3.60. The number of aryl methyl sites for hydroxylation is 1. The smallest absolute Gasteiger partial charge is 0.314 e. The van der Waals surface area contributed by atoms with Gasteiger partial charge in [-0.25, -0.2) is 4.79 Å². The number of thiophene rings is 1. The van der Waals surface area contributed by atoms with Gasteiger partial charge in [-0.15, -0.1) is 11.3 Å². The molecule has 1 aromatic carbocycles. The number of nitrogens with one attached hydrogen (secondary N) is 2. The number of carbonyl (C=O) groups is 1. The predicted molar refractivity (Wildman–Crippen MR) is 98.8 cm³/mol. The second kappa shape index (κ2) is 9.30. The summed E-state index contributed by atoms with van der Waals surface area (Å²) in [6, 6.07) is 12.0. The number of carbonyl (C=O) groups excluding carboxylic acids is 1. The van der Waals surface area contributed by atoms with Gasteiger partial charge >= 0.3 is 6.03 Å². The fourth-order valence-corrected chi connectivity index (χ4v) is 3.23. The van der Waals surface area contributed by atoms with E-state index < -0.39 is 0 Å². The molecule has 0 bridgehead atoms. The Bertz CT molecular complexity index is 629. The average Bonchev–Trinajstić information content (AvgIpc) is 3.06. The van der Waals surface area contributed by atoms with Crippen LogP contribution in [0.4, 0.5) is 4.79 Å². The predicted octanol–water partition coefficient (Wildman–Crippen LogP) is 3.04. The molecule has 2 amide bonds. The number of likely N-dealkylation sites (N-methyl/N-ethyl adjacent to an activating group) is 1. The van der Waals surface area contributed by atoms with Crippen LogP contribution in [0.2, 0.25) is 0 Å². The van der Waals surface area contributed by atoms with E-state index in [1.807, 2.05) is 51.4 Å². The molecule has 0 radical (unpaired) electrons.